The number of nitrogens with zero attached hydrogens (tertiary/aromatic N) is 3. The van der Waals surface area contributed by atoms with Gasteiger partial charge in [0.15, 0.2) is 0 Å². The van der Waals surface area contributed by atoms with Crippen molar-refractivity contribution < 1.29 is 9.18 Å². The van der Waals surface area contributed by atoms with E-state index in [1.807, 2.05) is 11.8 Å². The summed E-state index contributed by atoms with van der Waals surface area (Å²) in [5.74, 6) is -0.367. The SMILES string of the molecule is CCC(C)(C#N)C(=O)N1CCN(c2ccccc2F)CC1. The summed E-state index contributed by atoms with van der Waals surface area (Å²) < 4.78 is 13.8. The average Bonchev–Trinajstić information content (AvgIpc) is 2.54. The van der Waals surface area contributed by atoms with Crippen LogP contribution in [-0.2, 0) is 4.79 Å². The van der Waals surface area contributed by atoms with Crippen molar-refractivity contribution in [2.24, 2.45) is 5.41 Å². The van der Waals surface area contributed by atoms with E-state index < -0.39 is 5.41 Å². The number of rotatable bonds is 3. The molecule has 1 aliphatic rings. The largest absolute Gasteiger partial charge is 0.366 e. The second-order valence-corrected chi connectivity index (χ2v) is 5.53. The van der Waals surface area contributed by atoms with Crippen molar-refractivity contribution in [3.05, 3.63) is 30.1 Å². The van der Waals surface area contributed by atoms with Crippen LogP contribution in [-0.4, -0.2) is 37.0 Å². The molecule has 1 aromatic rings. The molecule has 2 rings (SSSR count). The maximum atomic E-state index is 13.8. The minimum Gasteiger partial charge on any atom is -0.366 e. The van der Waals surface area contributed by atoms with Gasteiger partial charge in [-0.1, -0.05) is 19.1 Å². The minimum absolute atomic E-state index is 0.124. The molecule has 1 atom stereocenters. The highest BCUT2D eigenvalue weighted by Gasteiger charge is 2.36. The van der Waals surface area contributed by atoms with E-state index in [-0.39, 0.29) is 11.7 Å². The van der Waals surface area contributed by atoms with E-state index in [0.717, 1.165) is 0 Å². The zero-order valence-electron chi connectivity index (χ0n) is 12.5. The van der Waals surface area contributed by atoms with Crippen LogP contribution in [0.3, 0.4) is 0 Å². The summed E-state index contributed by atoms with van der Waals surface area (Å²) in [6.45, 7) is 5.72. The molecule has 4 nitrogen and oxygen atoms in total. The van der Waals surface area contributed by atoms with E-state index in [1.165, 1.54) is 6.07 Å². The van der Waals surface area contributed by atoms with Crippen LogP contribution in [0.1, 0.15) is 20.3 Å². The Morgan fingerprint density at radius 1 is 1.33 bits per heavy atom. The Labute approximate surface area is 124 Å². The van der Waals surface area contributed by atoms with Crippen molar-refractivity contribution in [2.75, 3.05) is 31.1 Å². The van der Waals surface area contributed by atoms with Crippen molar-refractivity contribution in [3.63, 3.8) is 0 Å². The molecule has 112 valence electrons. The van der Waals surface area contributed by atoms with E-state index in [2.05, 4.69) is 6.07 Å². The second-order valence-electron chi connectivity index (χ2n) is 5.53. The number of para-hydroxylation sites is 1. The number of nitriles is 1. The van der Waals surface area contributed by atoms with Crippen LogP contribution in [0.5, 0.6) is 0 Å². The van der Waals surface area contributed by atoms with Crippen LogP contribution in [0, 0.1) is 22.6 Å². The van der Waals surface area contributed by atoms with E-state index in [1.54, 1.807) is 30.0 Å². The van der Waals surface area contributed by atoms with Crippen molar-refractivity contribution >= 4 is 11.6 Å². The number of benzene rings is 1. The summed E-state index contributed by atoms with van der Waals surface area (Å²) in [6.07, 6.45) is 0.496. The van der Waals surface area contributed by atoms with Gasteiger partial charge in [0, 0.05) is 26.2 Å². The van der Waals surface area contributed by atoms with Crippen LogP contribution < -0.4 is 4.90 Å². The van der Waals surface area contributed by atoms with E-state index in [4.69, 9.17) is 0 Å². The maximum absolute atomic E-state index is 13.8. The molecule has 0 spiro atoms. The molecule has 0 saturated carbocycles. The standard InChI is InChI=1S/C16H20FN3O/c1-3-16(2,12-18)15(21)20-10-8-19(9-11-20)14-7-5-4-6-13(14)17/h4-7H,3,8-11H2,1-2H3. The lowest BCUT2D eigenvalue weighted by molar-refractivity contribution is -0.138. The monoisotopic (exact) mass is 289 g/mol. The van der Waals surface area contributed by atoms with Gasteiger partial charge in [0.05, 0.1) is 11.8 Å². The van der Waals surface area contributed by atoms with Crippen LogP contribution in [0.25, 0.3) is 0 Å². The molecule has 0 aromatic heterocycles. The van der Waals surface area contributed by atoms with Gasteiger partial charge in [-0.25, -0.2) is 4.39 Å². The molecule has 1 aromatic carbocycles. The van der Waals surface area contributed by atoms with Gasteiger partial charge in [0.2, 0.25) is 5.91 Å². The number of carbonyl (C=O) groups is 1. The quantitative estimate of drug-likeness (QED) is 0.858. The fourth-order valence-electron chi connectivity index (χ4n) is 2.49. The molecule has 5 heteroatoms. The molecule has 1 unspecified atom stereocenters. The number of carbonyl (C=O) groups excluding carboxylic acids is 1. The van der Waals surface area contributed by atoms with Crippen molar-refractivity contribution in [2.45, 2.75) is 20.3 Å². The van der Waals surface area contributed by atoms with Crippen LogP contribution in [0.4, 0.5) is 10.1 Å². The zero-order valence-corrected chi connectivity index (χ0v) is 12.5. The summed E-state index contributed by atoms with van der Waals surface area (Å²) in [7, 11) is 0. The van der Waals surface area contributed by atoms with Gasteiger partial charge in [0.25, 0.3) is 0 Å². The molecular formula is C16H20FN3O. The molecule has 0 aliphatic carbocycles. The van der Waals surface area contributed by atoms with Gasteiger partial charge in [-0.3, -0.25) is 4.79 Å². The fourth-order valence-corrected chi connectivity index (χ4v) is 2.49. The van der Waals surface area contributed by atoms with E-state index in [9.17, 15) is 14.4 Å². The smallest absolute Gasteiger partial charge is 0.242 e. The number of hydrogen-bond donors (Lipinski definition) is 0. The van der Waals surface area contributed by atoms with Crippen molar-refractivity contribution in [3.8, 4) is 6.07 Å². The Hall–Kier alpha value is -2.09. The topological polar surface area (TPSA) is 47.3 Å². The van der Waals surface area contributed by atoms with Crippen molar-refractivity contribution in [1.29, 1.82) is 5.26 Å². The van der Waals surface area contributed by atoms with Gasteiger partial charge in [-0.05, 0) is 25.5 Å². The summed E-state index contributed by atoms with van der Waals surface area (Å²) in [4.78, 5) is 16.1. The molecule has 0 N–H and O–H groups in total. The first-order valence-corrected chi connectivity index (χ1v) is 7.22. The zero-order chi connectivity index (χ0) is 15.5. The lowest BCUT2D eigenvalue weighted by Gasteiger charge is -2.38. The normalized spacial score (nSPS) is 18.0. The predicted octanol–water partition coefficient (Wildman–Crippen LogP) is 2.41. The van der Waals surface area contributed by atoms with Gasteiger partial charge in [-0.15, -0.1) is 0 Å². The fraction of sp³-hybridized carbons (Fsp3) is 0.500. The minimum atomic E-state index is -0.958. The summed E-state index contributed by atoms with van der Waals surface area (Å²) >= 11 is 0. The number of halogens is 1. The first kappa shape index (κ1) is 15.3. The van der Waals surface area contributed by atoms with Gasteiger partial charge in [-0.2, -0.15) is 5.26 Å². The molecule has 1 aliphatic heterocycles. The van der Waals surface area contributed by atoms with E-state index >= 15 is 0 Å². The van der Waals surface area contributed by atoms with Gasteiger partial charge < -0.3 is 9.80 Å². The Kier molecular flexibility index (Phi) is 4.46. The number of piperazine rings is 1. The Bertz CT molecular complexity index is 561. The van der Waals surface area contributed by atoms with E-state index in [0.29, 0.717) is 38.3 Å². The van der Waals surface area contributed by atoms with Crippen LogP contribution in [0.15, 0.2) is 24.3 Å². The molecule has 1 heterocycles. The van der Waals surface area contributed by atoms with Crippen LogP contribution in [0.2, 0.25) is 0 Å². The highest BCUT2D eigenvalue weighted by molar-refractivity contribution is 5.85. The maximum Gasteiger partial charge on any atom is 0.242 e. The summed E-state index contributed by atoms with van der Waals surface area (Å²) in [5, 5.41) is 9.20. The average molecular weight is 289 g/mol. The molecular weight excluding hydrogens is 269 g/mol. The van der Waals surface area contributed by atoms with Gasteiger partial charge >= 0.3 is 0 Å². The predicted molar refractivity (Wildman–Crippen MR) is 79.2 cm³/mol. The molecule has 1 saturated heterocycles. The highest BCUT2D eigenvalue weighted by Crippen LogP contribution is 2.25. The number of hydrogen-bond acceptors (Lipinski definition) is 3. The first-order valence-electron chi connectivity index (χ1n) is 7.22. The lowest BCUT2D eigenvalue weighted by Crippen LogP contribution is -2.52. The Morgan fingerprint density at radius 3 is 2.48 bits per heavy atom. The summed E-state index contributed by atoms with van der Waals surface area (Å²) in [5.41, 5.74) is -0.386. The Balaban J connectivity index is 2.03. The number of anilines is 1. The highest BCUT2D eigenvalue weighted by atomic mass is 19.1. The molecule has 1 fully saturated rings. The van der Waals surface area contributed by atoms with Crippen molar-refractivity contribution in [1.82, 2.24) is 4.90 Å². The number of amides is 1. The lowest BCUT2D eigenvalue weighted by atomic mass is 9.87. The molecule has 0 bridgehead atoms. The Morgan fingerprint density at radius 2 is 1.95 bits per heavy atom. The third-order valence-electron chi connectivity index (χ3n) is 4.19. The molecule has 21 heavy (non-hydrogen) atoms. The molecule has 0 radical (unpaired) electrons. The first-order chi connectivity index (χ1) is 10.0. The molecule has 1 amide bonds. The van der Waals surface area contributed by atoms with Crippen LogP contribution >= 0.6 is 0 Å². The van der Waals surface area contributed by atoms with Gasteiger partial charge in [0.1, 0.15) is 11.2 Å². The third-order valence-corrected chi connectivity index (χ3v) is 4.19. The summed E-state index contributed by atoms with van der Waals surface area (Å²) in [6, 6.07) is 8.77. The second kappa shape index (κ2) is 6.13. The third kappa shape index (κ3) is 2.99.